The minimum Gasteiger partial charge on any atom is -0.455 e. The molecule has 2 aromatic heterocycles. The number of aromatic nitrogens is 1. The monoisotopic (exact) mass is 341 g/mol. The molecule has 4 aromatic rings. The zero-order valence-corrected chi connectivity index (χ0v) is 15.5. The first-order valence-corrected chi connectivity index (χ1v) is 8.84. The molecule has 0 radical (unpaired) electrons. The number of hydrogen-bond donors (Lipinski definition) is 0. The van der Waals surface area contributed by atoms with E-state index in [0.29, 0.717) is 5.69 Å². The van der Waals surface area contributed by atoms with Crippen LogP contribution in [-0.4, -0.2) is 0 Å². The normalized spacial score (nSPS) is 11.4. The second kappa shape index (κ2) is 6.00. The average Bonchev–Trinajstić information content (AvgIpc) is 3.00. The predicted octanol–water partition coefficient (Wildman–Crippen LogP) is 6.06. The van der Waals surface area contributed by atoms with E-state index >= 15 is 0 Å². The Morgan fingerprint density at radius 1 is 1.08 bits per heavy atom. The molecular weight excluding hydrogens is 320 g/mol. The van der Waals surface area contributed by atoms with Gasteiger partial charge in [0.15, 0.2) is 11.9 Å². The highest BCUT2D eigenvalue weighted by Crippen LogP contribution is 2.43. The van der Waals surface area contributed by atoms with Gasteiger partial charge in [-0.05, 0) is 36.1 Å². The fourth-order valence-electron chi connectivity index (χ4n) is 3.83. The van der Waals surface area contributed by atoms with Crippen molar-refractivity contribution in [2.75, 3.05) is 0 Å². The summed E-state index contributed by atoms with van der Waals surface area (Å²) in [5.41, 5.74) is 6.93. The highest BCUT2D eigenvalue weighted by atomic mass is 16.3. The van der Waals surface area contributed by atoms with Crippen molar-refractivity contribution in [2.24, 2.45) is 7.05 Å². The molecule has 0 saturated heterocycles. The van der Waals surface area contributed by atoms with Crippen molar-refractivity contribution in [2.45, 2.75) is 26.7 Å². The molecule has 3 nitrogen and oxygen atoms in total. The van der Waals surface area contributed by atoms with Gasteiger partial charge in [-0.1, -0.05) is 32.0 Å². The number of furan rings is 1. The van der Waals surface area contributed by atoms with E-state index in [-0.39, 0.29) is 5.92 Å². The molecule has 0 unspecified atom stereocenters. The van der Waals surface area contributed by atoms with E-state index in [0.717, 1.165) is 38.8 Å². The lowest BCUT2D eigenvalue weighted by molar-refractivity contribution is -0.660. The molecular formula is C23H21N2O+. The molecule has 0 saturated carbocycles. The Hall–Kier alpha value is -3.12. The van der Waals surface area contributed by atoms with E-state index in [1.165, 1.54) is 5.56 Å². The molecule has 2 heterocycles. The highest BCUT2D eigenvalue weighted by Gasteiger charge is 2.23. The van der Waals surface area contributed by atoms with Gasteiger partial charge < -0.3 is 4.42 Å². The Morgan fingerprint density at radius 2 is 1.88 bits per heavy atom. The van der Waals surface area contributed by atoms with Crippen LogP contribution in [-0.2, 0) is 7.05 Å². The molecule has 0 aliphatic heterocycles. The third-order valence-electron chi connectivity index (χ3n) is 5.04. The number of benzene rings is 2. The van der Waals surface area contributed by atoms with Crippen molar-refractivity contribution in [1.29, 1.82) is 0 Å². The summed E-state index contributed by atoms with van der Waals surface area (Å²) in [6.45, 7) is 13.9. The highest BCUT2D eigenvalue weighted by molar-refractivity contribution is 6.12. The number of aryl methyl sites for hydroxylation is 2. The fourth-order valence-corrected chi connectivity index (χ4v) is 3.83. The molecule has 4 rings (SSSR count). The van der Waals surface area contributed by atoms with Crippen LogP contribution in [0.4, 0.5) is 5.69 Å². The molecule has 0 atom stereocenters. The molecule has 0 spiro atoms. The lowest BCUT2D eigenvalue weighted by Gasteiger charge is -2.10. The van der Waals surface area contributed by atoms with E-state index in [4.69, 9.17) is 11.0 Å². The molecule has 0 aliphatic carbocycles. The molecule has 0 aliphatic rings. The molecule has 0 bridgehead atoms. The third kappa shape index (κ3) is 2.30. The SMILES string of the molecule is [C-]#[N+]c1ccc2oc3c(-c4cccc[n+]4C)c(C)ccc3c2c1C(C)C. The van der Waals surface area contributed by atoms with Gasteiger partial charge in [0.05, 0.1) is 12.1 Å². The zero-order valence-electron chi connectivity index (χ0n) is 15.5. The van der Waals surface area contributed by atoms with Crippen LogP contribution in [0.5, 0.6) is 0 Å². The van der Waals surface area contributed by atoms with Crippen molar-refractivity contribution in [3.05, 3.63) is 71.2 Å². The molecule has 0 fully saturated rings. The van der Waals surface area contributed by atoms with Crippen LogP contribution in [0, 0.1) is 13.5 Å². The van der Waals surface area contributed by atoms with Crippen LogP contribution in [0.3, 0.4) is 0 Å². The Morgan fingerprint density at radius 3 is 2.58 bits per heavy atom. The van der Waals surface area contributed by atoms with Gasteiger partial charge in [0.1, 0.15) is 18.2 Å². The largest absolute Gasteiger partial charge is 0.455 e. The predicted molar refractivity (Wildman–Crippen MR) is 105 cm³/mol. The van der Waals surface area contributed by atoms with E-state index in [9.17, 15) is 0 Å². The van der Waals surface area contributed by atoms with Gasteiger partial charge in [0, 0.05) is 22.9 Å². The summed E-state index contributed by atoms with van der Waals surface area (Å²) in [5, 5.41) is 2.15. The third-order valence-corrected chi connectivity index (χ3v) is 5.04. The van der Waals surface area contributed by atoms with Gasteiger partial charge in [-0.2, -0.15) is 0 Å². The maximum Gasteiger partial charge on any atom is 0.216 e. The summed E-state index contributed by atoms with van der Waals surface area (Å²) >= 11 is 0. The van der Waals surface area contributed by atoms with Gasteiger partial charge in [0.25, 0.3) is 0 Å². The fraction of sp³-hybridized carbons (Fsp3) is 0.217. The maximum atomic E-state index is 7.54. The van der Waals surface area contributed by atoms with Crippen molar-refractivity contribution in [1.82, 2.24) is 0 Å². The maximum absolute atomic E-state index is 7.54. The number of fused-ring (bicyclic) bond motifs is 3. The quantitative estimate of drug-likeness (QED) is 0.321. The van der Waals surface area contributed by atoms with E-state index in [1.807, 2.05) is 37.5 Å². The van der Waals surface area contributed by atoms with Crippen LogP contribution in [0.15, 0.2) is 53.1 Å². The first-order valence-electron chi connectivity index (χ1n) is 8.84. The number of hydrogen-bond acceptors (Lipinski definition) is 1. The minimum absolute atomic E-state index is 0.251. The van der Waals surface area contributed by atoms with E-state index in [1.54, 1.807) is 0 Å². The number of rotatable bonds is 2. The lowest BCUT2D eigenvalue weighted by Crippen LogP contribution is -2.30. The Kier molecular flexibility index (Phi) is 3.77. The first kappa shape index (κ1) is 16.4. The Bertz CT molecular complexity index is 1190. The van der Waals surface area contributed by atoms with Gasteiger partial charge in [-0.25, -0.2) is 9.41 Å². The van der Waals surface area contributed by atoms with Crippen LogP contribution in [0.25, 0.3) is 38.0 Å². The Balaban J connectivity index is 2.19. The number of nitrogens with zero attached hydrogens (tertiary/aromatic N) is 2. The average molecular weight is 341 g/mol. The molecule has 0 N–H and O–H groups in total. The van der Waals surface area contributed by atoms with Gasteiger partial charge >= 0.3 is 0 Å². The van der Waals surface area contributed by atoms with Crippen LogP contribution >= 0.6 is 0 Å². The zero-order chi connectivity index (χ0) is 18.4. The molecule has 0 amide bonds. The summed E-state index contributed by atoms with van der Waals surface area (Å²) in [4.78, 5) is 3.74. The lowest BCUT2D eigenvalue weighted by atomic mass is 9.93. The minimum atomic E-state index is 0.251. The van der Waals surface area contributed by atoms with Crippen molar-refractivity contribution in [3.63, 3.8) is 0 Å². The summed E-state index contributed by atoms with van der Waals surface area (Å²) in [5.74, 6) is 0.251. The topological polar surface area (TPSA) is 21.4 Å². The second-order valence-electron chi connectivity index (χ2n) is 7.07. The molecule has 128 valence electrons. The summed E-state index contributed by atoms with van der Waals surface area (Å²) < 4.78 is 8.46. The number of pyridine rings is 1. The summed E-state index contributed by atoms with van der Waals surface area (Å²) in [7, 11) is 2.05. The van der Waals surface area contributed by atoms with Crippen LogP contribution in [0.2, 0.25) is 0 Å². The molecule has 2 aromatic carbocycles. The smallest absolute Gasteiger partial charge is 0.216 e. The van der Waals surface area contributed by atoms with Crippen molar-refractivity contribution in [3.8, 4) is 11.3 Å². The molecule has 26 heavy (non-hydrogen) atoms. The van der Waals surface area contributed by atoms with Crippen LogP contribution in [0.1, 0.15) is 30.9 Å². The summed E-state index contributed by atoms with van der Waals surface area (Å²) in [6.07, 6.45) is 2.05. The molecule has 3 heteroatoms. The van der Waals surface area contributed by atoms with E-state index < -0.39 is 0 Å². The standard InChI is InChI=1S/C23H21N2O/c1-14(2)20-17(24-4)11-12-19-22(20)16-10-9-15(3)21(23(16)26-19)18-8-6-7-13-25(18)5/h6-14H,1-3,5H3/q+1. The van der Waals surface area contributed by atoms with Gasteiger partial charge in [0.2, 0.25) is 5.69 Å². The van der Waals surface area contributed by atoms with Crippen molar-refractivity contribution >= 4 is 27.6 Å². The summed E-state index contributed by atoms with van der Waals surface area (Å²) in [6, 6.07) is 14.3. The van der Waals surface area contributed by atoms with Gasteiger partial charge in [-0.3, -0.25) is 0 Å². The van der Waals surface area contributed by atoms with Gasteiger partial charge in [-0.15, -0.1) is 0 Å². The van der Waals surface area contributed by atoms with E-state index in [2.05, 4.69) is 48.4 Å². The Labute approximate surface area is 153 Å². The second-order valence-corrected chi connectivity index (χ2v) is 7.07. The first-order chi connectivity index (χ1) is 12.5. The van der Waals surface area contributed by atoms with Crippen LogP contribution < -0.4 is 4.57 Å². The van der Waals surface area contributed by atoms with Crippen molar-refractivity contribution < 1.29 is 8.98 Å².